The molecular weight excluding hydrogens is 456 g/mol. The number of piperazine rings is 1. The van der Waals surface area contributed by atoms with Gasteiger partial charge in [-0.1, -0.05) is 17.7 Å². The molecule has 5 rings (SSSR count). The van der Waals surface area contributed by atoms with Crippen LogP contribution in [-0.2, 0) is 0 Å². The van der Waals surface area contributed by atoms with Gasteiger partial charge in [0.2, 0.25) is 0 Å². The van der Waals surface area contributed by atoms with Crippen LogP contribution >= 0.6 is 22.9 Å². The molecule has 1 amide bonds. The summed E-state index contributed by atoms with van der Waals surface area (Å²) in [6.07, 6.45) is 1.82. The molecule has 1 fully saturated rings. The summed E-state index contributed by atoms with van der Waals surface area (Å²) in [4.78, 5) is 33.0. The van der Waals surface area contributed by atoms with Gasteiger partial charge in [-0.2, -0.15) is 0 Å². The van der Waals surface area contributed by atoms with Gasteiger partial charge in [0.1, 0.15) is 22.3 Å². The van der Waals surface area contributed by atoms with Crippen LogP contribution in [0.3, 0.4) is 0 Å². The number of aromatic nitrogens is 3. The molecule has 0 aliphatic carbocycles. The van der Waals surface area contributed by atoms with Crippen molar-refractivity contribution in [3.05, 3.63) is 69.9 Å². The molecule has 4 aromatic rings. The molecule has 0 saturated carbocycles. The number of pyridine rings is 1. The molecule has 1 aromatic carbocycles. The molecule has 168 valence electrons. The maximum absolute atomic E-state index is 13.1. The molecule has 4 heterocycles. The van der Waals surface area contributed by atoms with Gasteiger partial charge in [-0.05, 0) is 55.8 Å². The molecule has 1 N–H and O–H groups in total. The summed E-state index contributed by atoms with van der Waals surface area (Å²) in [5.41, 5.74) is 1.61. The standard InChI is InChI=1S/C24H23ClN6OS/c1-15-20-22(31-13-11-30(12-14-31)19-5-3-4-10-26-19)27-16(2)28-24(20)33-21(15)23(32)29-18-8-6-17(25)7-9-18/h3-10H,11-14H2,1-2H3,(H,29,32). The molecule has 7 nitrogen and oxygen atoms in total. The summed E-state index contributed by atoms with van der Waals surface area (Å²) in [6, 6.07) is 13.1. The van der Waals surface area contributed by atoms with Crippen LogP contribution in [0.2, 0.25) is 5.02 Å². The number of amides is 1. The van der Waals surface area contributed by atoms with E-state index in [4.69, 9.17) is 16.6 Å². The molecule has 3 aromatic heterocycles. The third-order valence-corrected chi connectivity index (χ3v) is 7.18. The average Bonchev–Trinajstić information content (AvgIpc) is 3.17. The molecule has 33 heavy (non-hydrogen) atoms. The lowest BCUT2D eigenvalue weighted by Gasteiger charge is -2.36. The second kappa shape index (κ2) is 8.96. The summed E-state index contributed by atoms with van der Waals surface area (Å²) in [7, 11) is 0. The number of rotatable bonds is 4. The topological polar surface area (TPSA) is 74.2 Å². The second-order valence-electron chi connectivity index (χ2n) is 7.95. The van der Waals surface area contributed by atoms with Crippen LogP contribution in [0, 0.1) is 13.8 Å². The zero-order valence-corrected chi connectivity index (χ0v) is 20.0. The first kappa shape index (κ1) is 21.6. The van der Waals surface area contributed by atoms with E-state index in [1.165, 1.54) is 11.3 Å². The van der Waals surface area contributed by atoms with Crippen molar-refractivity contribution >= 4 is 56.4 Å². The summed E-state index contributed by atoms with van der Waals surface area (Å²) >= 11 is 7.36. The van der Waals surface area contributed by atoms with Crippen molar-refractivity contribution < 1.29 is 4.79 Å². The third kappa shape index (κ3) is 4.36. The monoisotopic (exact) mass is 478 g/mol. The Morgan fingerprint density at radius 1 is 1.00 bits per heavy atom. The molecule has 1 aliphatic heterocycles. The number of anilines is 3. The Labute approximate surface area is 201 Å². The number of benzene rings is 1. The van der Waals surface area contributed by atoms with Crippen LogP contribution in [0.5, 0.6) is 0 Å². The molecule has 0 unspecified atom stereocenters. The van der Waals surface area contributed by atoms with E-state index in [1.807, 2.05) is 38.2 Å². The lowest BCUT2D eigenvalue weighted by Crippen LogP contribution is -2.47. The molecule has 0 radical (unpaired) electrons. The van der Waals surface area contributed by atoms with Crippen molar-refractivity contribution in [3.63, 3.8) is 0 Å². The van der Waals surface area contributed by atoms with Crippen molar-refractivity contribution in [1.29, 1.82) is 0 Å². The Kier molecular flexibility index (Phi) is 5.86. The smallest absolute Gasteiger partial charge is 0.266 e. The van der Waals surface area contributed by atoms with Crippen molar-refractivity contribution in [3.8, 4) is 0 Å². The second-order valence-corrected chi connectivity index (χ2v) is 9.39. The maximum atomic E-state index is 13.1. The van der Waals surface area contributed by atoms with Gasteiger partial charge >= 0.3 is 0 Å². The number of thiophene rings is 1. The van der Waals surface area contributed by atoms with Crippen molar-refractivity contribution in [2.45, 2.75) is 13.8 Å². The Bertz CT molecular complexity index is 1300. The summed E-state index contributed by atoms with van der Waals surface area (Å²) < 4.78 is 0. The van der Waals surface area contributed by atoms with E-state index < -0.39 is 0 Å². The van der Waals surface area contributed by atoms with E-state index in [-0.39, 0.29) is 5.91 Å². The number of fused-ring (bicyclic) bond motifs is 1. The number of carbonyl (C=O) groups is 1. The Morgan fingerprint density at radius 3 is 2.42 bits per heavy atom. The predicted octanol–water partition coefficient (Wildman–Crippen LogP) is 4.94. The van der Waals surface area contributed by atoms with E-state index in [1.54, 1.807) is 24.3 Å². The van der Waals surface area contributed by atoms with Gasteiger partial charge in [0.25, 0.3) is 5.91 Å². The first-order valence-electron chi connectivity index (χ1n) is 10.7. The van der Waals surface area contributed by atoms with Crippen LogP contribution in [0.1, 0.15) is 21.1 Å². The summed E-state index contributed by atoms with van der Waals surface area (Å²) in [5.74, 6) is 2.45. The lowest BCUT2D eigenvalue weighted by molar-refractivity contribution is 0.103. The van der Waals surface area contributed by atoms with E-state index >= 15 is 0 Å². The van der Waals surface area contributed by atoms with Gasteiger partial charge in [-0.15, -0.1) is 11.3 Å². The van der Waals surface area contributed by atoms with Crippen LogP contribution < -0.4 is 15.1 Å². The fourth-order valence-electron chi connectivity index (χ4n) is 4.08. The molecular formula is C24H23ClN6OS. The predicted molar refractivity (Wildman–Crippen MR) is 135 cm³/mol. The molecule has 9 heteroatoms. The fraction of sp³-hybridized carbons (Fsp3) is 0.250. The minimum atomic E-state index is -0.151. The van der Waals surface area contributed by atoms with Gasteiger partial charge < -0.3 is 15.1 Å². The number of nitrogens with zero attached hydrogens (tertiary/aromatic N) is 5. The van der Waals surface area contributed by atoms with Crippen molar-refractivity contribution in [1.82, 2.24) is 15.0 Å². The highest BCUT2D eigenvalue weighted by Gasteiger charge is 2.25. The van der Waals surface area contributed by atoms with Crippen molar-refractivity contribution in [2.24, 2.45) is 0 Å². The number of nitrogens with one attached hydrogen (secondary N) is 1. The molecule has 0 atom stereocenters. The van der Waals surface area contributed by atoms with Crippen LogP contribution in [0.4, 0.5) is 17.3 Å². The van der Waals surface area contributed by atoms with Gasteiger partial charge in [-0.25, -0.2) is 15.0 Å². The number of carbonyl (C=O) groups excluding carboxylic acids is 1. The van der Waals surface area contributed by atoms with Crippen LogP contribution in [-0.4, -0.2) is 47.0 Å². The minimum Gasteiger partial charge on any atom is -0.353 e. The van der Waals surface area contributed by atoms with Crippen molar-refractivity contribution in [2.75, 3.05) is 41.3 Å². The van der Waals surface area contributed by atoms with Crippen LogP contribution in [0.25, 0.3) is 10.2 Å². The molecule has 1 aliphatic rings. The first-order valence-corrected chi connectivity index (χ1v) is 11.9. The Hall–Kier alpha value is -3.23. The Morgan fingerprint density at radius 2 is 1.73 bits per heavy atom. The zero-order valence-electron chi connectivity index (χ0n) is 18.4. The molecule has 0 spiro atoms. The van der Waals surface area contributed by atoms with Gasteiger partial charge in [0.05, 0.1) is 10.3 Å². The number of hydrogen-bond donors (Lipinski definition) is 1. The zero-order chi connectivity index (χ0) is 22.9. The summed E-state index contributed by atoms with van der Waals surface area (Å²) in [6.45, 7) is 7.23. The average molecular weight is 479 g/mol. The third-order valence-electron chi connectivity index (χ3n) is 5.74. The van der Waals surface area contributed by atoms with E-state index in [9.17, 15) is 4.79 Å². The van der Waals surface area contributed by atoms with Gasteiger partial charge in [-0.3, -0.25) is 4.79 Å². The van der Waals surface area contributed by atoms with E-state index in [0.29, 0.717) is 21.4 Å². The highest BCUT2D eigenvalue weighted by molar-refractivity contribution is 7.20. The van der Waals surface area contributed by atoms with Gasteiger partial charge in [0, 0.05) is 43.1 Å². The highest BCUT2D eigenvalue weighted by Crippen LogP contribution is 2.36. The SMILES string of the molecule is Cc1nc(N2CCN(c3ccccn3)CC2)c2c(C)c(C(=O)Nc3ccc(Cl)cc3)sc2n1. The maximum Gasteiger partial charge on any atom is 0.266 e. The van der Waals surface area contributed by atoms with Crippen LogP contribution in [0.15, 0.2) is 48.7 Å². The highest BCUT2D eigenvalue weighted by atomic mass is 35.5. The number of halogens is 1. The Balaban J connectivity index is 1.42. The van der Waals surface area contributed by atoms with Gasteiger partial charge in [0.15, 0.2) is 0 Å². The van der Waals surface area contributed by atoms with E-state index in [0.717, 1.165) is 53.6 Å². The van der Waals surface area contributed by atoms with E-state index in [2.05, 4.69) is 25.1 Å². The number of aryl methyl sites for hydroxylation is 2. The lowest BCUT2D eigenvalue weighted by atomic mass is 10.1. The summed E-state index contributed by atoms with van der Waals surface area (Å²) in [5, 5.41) is 4.55. The quantitative estimate of drug-likeness (QED) is 0.448. The first-order chi connectivity index (χ1) is 16.0. The molecule has 1 saturated heterocycles. The largest absolute Gasteiger partial charge is 0.353 e. The fourth-order valence-corrected chi connectivity index (χ4v) is 5.32. The molecule has 0 bridgehead atoms. The normalized spacial score (nSPS) is 14.0. The minimum absolute atomic E-state index is 0.151. The number of hydrogen-bond acceptors (Lipinski definition) is 7.